The predicted molar refractivity (Wildman–Crippen MR) is 113 cm³/mol. The van der Waals surface area contributed by atoms with E-state index < -0.39 is 10.0 Å². The molecule has 1 heterocycles. The van der Waals surface area contributed by atoms with E-state index in [-0.39, 0.29) is 28.8 Å². The van der Waals surface area contributed by atoms with Gasteiger partial charge in [-0.25, -0.2) is 18.1 Å². The molecule has 0 bridgehead atoms. The largest absolute Gasteiger partial charge is 0.497 e. The average molecular weight is 424 g/mol. The van der Waals surface area contributed by atoms with Crippen molar-refractivity contribution in [3.63, 3.8) is 0 Å². The van der Waals surface area contributed by atoms with Gasteiger partial charge in [-0.1, -0.05) is 12.1 Å². The molecule has 0 aliphatic rings. The van der Waals surface area contributed by atoms with Crippen LogP contribution in [0.5, 0.6) is 5.75 Å². The normalized spacial score (nSPS) is 10.9. The second-order valence-corrected chi connectivity index (χ2v) is 8.02. The molecule has 154 valence electrons. The number of nitrogens with one attached hydrogen (secondary N) is 2. The van der Waals surface area contributed by atoms with Crippen molar-refractivity contribution in [2.75, 3.05) is 24.7 Å². The number of sulfonamides is 1. The van der Waals surface area contributed by atoms with Crippen LogP contribution in [0.3, 0.4) is 0 Å². The molecule has 9 nitrogen and oxygen atoms in total. The lowest BCUT2D eigenvalue weighted by Gasteiger charge is -2.09. The molecule has 0 atom stereocenters. The average Bonchev–Trinajstić information content (AvgIpc) is 2.75. The minimum Gasteiger partial charge on any atom is -0.497 e. The lowest BCUT2D eigenvalue weighted by molar-refractivity contribution is 0.414. The molecule has 0 saturated carbocycles. The summed E-state index contributed by atoms with van der Waals surface area (Å²) in [5, 5.41) is 11.8. The minimum atomic E-state index is -3.64. The molecule has 0 unspecified atom stereocenters. The molecule has 0 amide bonds. The Morgan fingerprint density at radius 3 is 2.43 bits per heavy atom. The number of benzene rings is 2. The maximum Gasteiger partial charge on any atom is 0.240 e. The molecule has 0 fully saturated rings. The van der Waals surface area contributed by atoms with Crippen LogP contribution in [0.25, 0.3) is 0 Å². The molecular formula is C20H20N6O3S. The van der Waals surface area contributed by atoms with Crippen LogP contribution in [0.2, 0.25) is 0 Å². The Kier molecular flexibility index (Phi) is 6.46. The van der Waals surface area contributed by atoms with Gasteiger partial charge in [-0.15, -0.1) is 0 Å². The Bertz CT molecular complexity index is 1160. The van der Waals surface area contributed by atoms with Gasteiger partial charge in [-0.3, -0.25) is 0 Å². The number of nitriles is 1. The first-order valence-electron chi connectivity index (χ1n) is 8.93. The molecule has 3 aromatic rings. The Labute approximate surface area is 174 Å². The van der Waals surface area contributed by atoms with Crippen LogP contribution in [-0.4, -0.2) is 32.0 Å². The number of hydrogen-bond acceptors (Lipinski definition) is 8. The fourth-order valence-corrected chi connectivity index (χ4v) is 3.63. The van der Waals surface area contributed by atoms with Crippen molar-refractivity contribution in [2.45, 2.75) is 11.3 Å². The van der Waals surface area contributed by atoms with Gasteiger partial charge in [0.25, 0.3) is 0 Å². The highest BCUT2D eigenvalue weighted by molar-refractivity contribution is 7.89. The first kappa shape index (κ1) is 21.0. The molecule has 30 heavy (non-hydrogen) atoms. The number of aromatic nitrogens is 2. The van der Waals surface area contributed by atoms with E-state index in [9.17, 15) is 8.42 Å². The van der Waals surface area contributed by atoms with E-state index in [0.29, 0.717) is 12.1 Å². The Balaban J connectivity index is 1.59. The fraction of sp³-hybridized carbons (Fsp3) is 0.150. The molecule has 0 aliphatic carbocycles. The third-order valence-corrected chi connectivity index (χ3v) is 5.70. The summed E-state index contributed by atoms with van der Waals surface area (Å²) in [7, 11) is -2.04. The third-order valence-electron chi connectivity index (χ3n) is 4.22. The molecule has 0 aliphatic heterocycles. The highest BCUT2D eigenvalue weighted by Crippen LogP contribution is 2.18. The summed E-state index contributed by atoms with van der Waals surface area (Å²) in [5.41, 5.74) is 7.43. The van der Waals surface area contributed by atoms with Crippen molar-refractivity contribution in [1.29, 1.82) is 5.26 Å². The number of ether oxygens (including phenoxy) is 1. The lowest BCUT2D eigenvalue weighted by atomic mass is 10.1. The summed E-state index contributed by atoms with van der Waals surface area (Å²) >= 11 is 0. The van der Waals surface area contributed by atoms with E-state index in [4.69, 9.17) is 15.7 Å². The summed E-state index contributed by atoms with van der Waals surface area (Å²) in [6.45, 7) is 0.271. The second kappa shape index (κ2) is 9.21. The smallest absolute Gasteiger partial charge is 0.240 e. The minimum absolute atomic E-state index is 0.0651. The first-order chi connectivity index (χ1) is 14.4. The second-order valence-electron chi connectivity index (χ2n) is 6.25. The number of rotatable bonds is 8. The third kappa shape index (κ3) is 5.22. The van der Waals surface area contributed by atoms with Gasteiger partial charge in [0.05, 0.1) is 18.2 Å². The van der Waals surface area contributed by atoms with Gasteiger partial charge in [-0.2, -0.15) is 10.2 Å². The fourth-order valence-electron chi connectivity index (χ4n) is 2.59. The molecule has 0 spiro atoms. The summed E-state index contributed by atoms with van der Waals surface area (Å²) in [6, 6.07) is 15.5. The topological polar surface area (TPSA) is 143 Å². The Morgan fingerprint density at radius 1 is 1.13 bits per heavy atom. The van der Waals surface area contributed by atoms with Crippen LogP contribution in [0.1, 0.15) is 11.1 Å². The molecule has 4 N–H and O–H groups in total. The number of anilines is 3. The van der Waals surface area contributed by atoms with Crippen LogP contribution in [-0.2, 0) is 16.4 Å². The summed E-state index contributed by atoms with van der Waals surface area (Å²) in [5.74, 6) is 1.03. The summed E-state index contributed by atoms with van der Waals surface area (Å²) < 4.78 is 32.7. The predicted octanol–water partition coefficient (Wildman–Crippen LogP) is 2.20. The number of nitrogen functional groups attached to an aromatic ring is 1. The molecule has 1 aromatic heterocycles. The van der Waals surface area contributed by atoms with Crippen molar-refractivity contribution in [3.8, 4) is 11.8 Å². The monoisotopic (exact) mass is 424 g/mol. The summed E-state index contributed by atoms with van der Waals surface area (Å²) in [4.78, 5) is 8.12. The summed E-state index contributed by atoms with van der Waals surface area (Å²) in [6.07, 6.45) is 1.87. The SMILES string of the molecule is COc1ccc(CCNS(=O)(=O)c2ccc(Nc3ncc(C#N)c(N)n3)cc2)cc1. The van der Waals surface area contributed by atoms with Crippen LogP contribution in [0, 0.1) is 11.3 Å². The van der Waals surface area contributed by atoms with Gasteiger partial charge < -0.3 is 15.8 Å². The van der Waals surface area contributed by atoms with Crippen LogP contribution >= 0.6 is 0 Å². The number of nitrogens with zero attached hydrogens (tertiary/aromatic N) is 3. The maximum absolute atomic E-state index is 12.5. The van der Waals surface area contributed by atoms with Gasteiger partial charge in [0.1, 0.15) is 23.2 Å². The van der Waals surface area contributed by atoms with Gasteiger partial charge in [0.2, 0.25) is 16.0 Å². The van der Waals surface area contributed by atoms with Crippen LogP contribution in [0.4, 0.5) is 17.5 Å². The quantitative estimate of drug-likeness (QED) is 0.499. The highest BCUT2D eigenvalue weighted by atomic mass is 32.2. The van der Waals surface area contributed by atoms with E-state index in [1.807, 2.05) is 30.3 Å². The van der Waals surface area contributed by atoms with Crippen LogP contribution < -0.4 is 20.5 Å². The number of nitrogens with two attached hydrogens (primary N) is 1. The first-order valence-corrected chi connectivity index (χ1v) is 10.4. The van der Waals surface area contributed by atoms with Gasteiger partial charge in [0.15, 0.2) is 0 Å². The maximum atomic E-state index is 12.5. The Hall–Kier alpha value is -3.68. The molecular weight excluding hydrogens is 404 g/mol. The van der Waals surface area contributed by atoms with E-state index in [1.165, 1.54) is 18.3 Å². The van der Waals surface area contributed by atoms with Crippen LogP contribution in [0.15, 0.2) is 59.6 Å². The van der Waals surface area contributed by atoms with Crippen molar-refractivity contribution in [3.05, 3.63) is 65.9 Å². The molecule has 0 saturated heterocycles. The van der Waals surface area contributed by atoms with Crippen molar-refractivity contribution in [1.82, 2.24) is 14.7 Å². The van der Waals surface area contributed by atoms with Gasteiger partial charge >= 0.3 is 0 Å². The van der Waals surface area contributed by atoms with E-state index >= 15 is 0 Å². The zero-order chi connectivity index (χ0) is 21.6. The van der Waals surface area contributed by atoms with Crippen molar-refractivity contribution >= 4 is 27.5 Å². The molecule has 0 radical (unpaired) electrons. The zero-order valence-corrected chi connectivity index (χ0v) is 17.0. The van der Waals surface area contributed by atoms with E-state index in [1.54, 1.807) is 19.2 Å². The number of methoxy groups -OCH3 is 1. The standard InChI is InChI=1S/C20H20N6O3S/c1-29-17-6-2-14(3-7-17)10-11-24-30(27,28)18-8-4-16(5-9-18)25-20-23-13-15(12-21)19(22)26-20/h2-9,13,24H,10-11H2,1H3,(H3,22,23,25,26). The van der Waals surface area contributed by atoms with Gasteiger partial charge in [-0.05, 0) is 48.4 Å². The number of hydrogen-bond donors (Lipinski definition) is 3. The van der Waals surface area contributed by atoms with E-state index in [2.05, 4.69) is 20.0 Å². The van der Waals surface area contributed by atoms with E-state index in [0.717, 1.165) is 11.3 Å². The Morgan fingerprint density at radius 2 is 1.83 bits per heavy atom. The van der Waals surface area contributed by atoms with Gasteiger partial charge in [0, 0.05) is 12.2 Å². The molecule has 2 aromatic carbocycles. The molecule has 10 heteroatoms. The lowest BCUT2D eigenvalue weighted by Crippen LogP contribution is -2.26. The van der Waals surface area contributed by atoms with Crippen molar-refractivity contribution in [2.24, 2.45) is 0 Å². The zero-order valence-electron chi connectivity index (χ0n) is 16.2. The molecule has 3 rings (SSSR count). The van der Waals surface area contributed by atoms with Crippen molar-refractivity contribution < 1.29 is 13.2 Å². The highest BCUT2D eigenvalue weighted by Gasteiger charge is 2.13.